The lowest BCUT2D eigenvalue weighted by molar-refractivity contribution is 0.152. The Balaban J connectivity index is 1.73. The van der Waals surface area contributed by atoms with Crippen LogP contribution >= 0.6 is 11.3 Å². The second-order valence-corrected chi connectivity index (χ2v) is 7.05. The number of likely N-dealkylation sites (tertiary alicyclic amines) is 1. The maximum atomic E-state index is 5.24. The van der Waals surface area contributed by atoms with Crippen molar-refractivity contribution in [1.82, 2.24) is 15.2 Å². The van der Waals surface area contributed by atoms with E-state index in [4.69, 9.17) is 9.72 Å². The van der Waals surface area contributed by atoms with Crippen molar-refractivity contribution in [2.45, 2.75) is 33.4 Å². The molecule has 0 amide bonds. The normalized spacial score (nSPS) is 20.1. The van der Waals surface area contributed by atoms with E-state index in [2.05, 4.69) is 29.4 Å². The molecule has 2 rings (SSSR count). The molecule has 1 saturated heterocycles. The van der Waals surface area contributed by atoms with Gasteiger partial charge in [0.15, 0.2) is 0 Å². The van der Waals surface area contributed by atoms with Gasteiger partial charge >= 0.3 is 0 Å². The standard InChI is InChI=1S/C15H27N3OS/c1-12(2)6-16-7-15-17-14(11-20-15)9-18-5-4-13(8-18)10-19-3/h11-13,16H,4-10H2,1-3H3. The molecule has 1 aromatic rings. The van der Waals surface area contributed by atoms with Gasteiger partial charge < -0.3 is 10.1 Å². The molecule has 20 heavy (non-hydrogen) atoms. The number of methoxy groups -OCH3 is 1. The Morgan fingerprint density at radius 3 is 3.15 bits per heavy atom. The minimum atomic E-state index is 0.691. The van der Waals surface area contributed by atoms with Crippen LogP contribution in [0.4, 0.5) is 0 Å². The van der Waals surface area contributed by atoms with E-state index < -0.39 is 0 Å². The summed E-state index contributed by atoms with van der Waals surface area (Å²) in [6.07, 6.45) is 1.25. The van der Waals surface area contributed by atoms with Crippen molar-refractivity contribution < 1.29 is 4.74 Å². The molecule has 1 aromatic heterocycles. The van der Waals surface area contributed by atoms with Crippen molar-refractivity contribution in [2.24, 2.45) is 11.8 Å². The summed E-state index contributed by atoms with van der Waals surface area (Å²) in [7, 11) is 1.79. The van der Waals surface area contributed by atoms with Crippen molar-refractivity contribution in [1.29, 1.82) is 0 Å². The molecule has 1 N–H and O–H groups in total. The molecule has 0 bridgehead atoms. The molecule has 1 aliphatic heterocycles. The lowest BCUT2D eigenvalue weighted by atomic mass is 10.1. The number of thiazole rings is 1. The number of hydrogen-bond donors (Lipinski definition) is 1. The number of nitrogens with zero attached hydrogens (tertiary/aromatic N) is 2. The topological polar surface area (TPSA) is 37.4 Å². The third-order valence-electron chi connectivity index (χ3n) is 3.59. The second kappa shape index (κ2) is 8.08. The highest BCUT2D eigenvalue weighted by Gasteiger charge is 2.22. The van der Waals surface area contributed by atoms with Crippen LogP contribution in [-0.2, 0) is 17.8 Å². The van der Waals surface area contributed by atoms with E-state index in [-0.39, 0.29) is 0 Å². The molecule has 0 saturated carbocycles. The summed E-state index contributed by atoms with van der Waals surface area (Å²) in [6.45, 7) is 10.6. The number of hydrogen-bond acceptors (Lipinski definition) is 5. The minimum Gasteiger partial charge on any atom is -0.384 e. The zero-order valence-electron chi connectivity index (χ0n) is 12.9. The van der Waals surface area contributed by atoms with Crippen molar-refractivity contribution in [3.8, 4) is 0 Å². The Labute approximate surface area is 126 Å². The fourth-order valence-electron chi connectivity index (χ4n) is 2.63. The predicted molar refractivity (Wildman–Crippen MR) is 83.9 cm³/mol. The lowest BCUT2D eigenvalue weighted by Gasteiger charge is -2.14. The van der Waals surface area contributed by atoms with Crippen LogP contribution in [0.5, 0.6) is 0 Å². The monoisotopic (exact) mass is 297 g/mol. The van der Waals surface area contributed by atoms with Gasteiger partial charge in [0.2, 0.25) is 0 Å². The summed E-state index contributed by atoms with van der Waals surface area (Å²) in [5.41, 5.74) is 1.22. The zero-order chi connectivity index (χ0) is 14.4. The quantitative estimate of drug-likeness (QED) is 0.799. The van der Waals surface area contributed by atoms with Crippen LogP contribution in [0.25, 0.3) is 0 Å². The van der Waals surface area contributed by atoms with Gasteiger partial charge in [0.1, 0.15) is 5.01 Å². The van der Waals surface area contributed by atoms with Crippen LogP contribution in [0.3, 0.4) is 0 Å². The van der Waals surface area contributed by atoms with Crippen LogP contribution < -0.4 is 5.32 Å². The Morgan fingerprint density at radius 1 is 1.55 bits per heavy atom. The highest BCUT2D eigenvalue weighted by Crippen LogP contribution is 2.19. The molecule has 4 nitrogen and oxygen atoms in total. The molecule has 1 atom stereocenters. The highest BCUT2D eigenvalue weighted by atomic mass is 32.1. The van der Waals surface area contributed by atoms with E-state index in [1.54, 1.807) is 18.4 Å². The first-order chi connectivity index (χ1) is 9.67. The molecule has 0 spiro atoms. The third-order valence-corrected chi connectivity index (χ3v) is 4.48. The first-order valence-electron chi connectivity index (χ1n) is 7.52. The fourth-order valence-corrected chi connectivity index (χ4v) is 3.38. The Bertz CT molecular complexity index is 394. The molecular formula is C15H27N3OS. The van der Waals surface area contributed by atoms with E-state index in [1.807, 2.05) is 0 Å². The van der Waals surface area contributed by atoms with Gasteiger partial charge in [-0.2, -0.15) is 0 Å². The van der Waals surface area contributed by atoms with E-state index in [9.17, 15) is 0 Å². The first kappa shape index (κ1) is 15.9. The molecule has 0 aliphatic carbocycles. The van der Waals surface area contributed by atoms with Crippen LogP contribution in [0.2, 0.25) is 0 Å². The van der Waals surface area contributed by atoms with Crippen LogP contribution in [0.15, 0.2) is 5.38 Å². The molecule has 0 radical (unpaired) electrons. The first-order valence-corrected chi connectivity index (χ1v) is 8.40. The fraction of sp³-hybridized carbons (Fsp3) is 0.800. The van der Waals surface area contributed by atoms with E-state index in [0.29, 0.717) is 11.8 Å². The average molecular weight is 297 g/mol. The van der Waals surface area contributed by atoms with Crippen LogP contribution in [0, 0.1) is 11.8 Å². The molecule has 1 aliphatic rings. The third kappa shape index (κ3) is 5.13. The number of ether oxygens (including phenoxy) is 1. The summed E-state index contributed by atoms with van der Waals surface area (Å²) < 4.78 is 5.24. The van der Waals surface area contributed by atoms with E-state index in [1.165, 1.54) is 23.7 Å². The van der Waals surface area contributed by atoms with Crippen molar-refractivity contribution in [3.63, 3.8) is 0 Å². The Morgan fingerprint density at radius 2 is 2.40 bits per heavy atom. The van der Waals surface area contributed by atoms with Crippen molar-refractivity contribution >= 4 is 11.3 Å². The van der Waals surface area contributed by atoms with Crippen LogP contribution in [0.1, 0.15) is 31.0 Å². The smallest absolute Gasteiger partial charge is 0.107 e. The van der Waals surface area contributed by atoms with Crippen molar-refractivity contribution in [3.05, 3.63) is 16.1 Å². The molecule has 1 fully saturated rings. The predicted octanol–water partition coefficient (Wildman–Crippen LogP) is 2.36. The van der Waals surface area contributed by atoms with Gasteiger partial charge in [-0.3, -0.25) is 4.90 Å². The van der Waals surface area contributed by atoms with Gasteiger partial charge in [-0.05, 0) is 31.3 Å². The van der Waals surface area contributed by atoms with Gasteiger partial charge in [0.05, 0.1) is 12.3 Å². The highest BCUT2D eigenvalue weighted by molar-refractivity contribution is 7.09. The number of rotatable bonds is 8. The van der Waals surface area contributed by atoms with E-state index >= 15 is 0 Å². The molecule has 114 valence electrons. The average Bonchev–Trinajstić information content (AvgIpc) is 3.00. The second-order valence-electron chi connectivity index (χ2n) is 6.10. The van der Waals surface area contributed by atoms with Crippen molar-refractivity contribution in [2.75, 3.05) is 33.4 Å². The largest absolute Gasteiger partial charge is 0.384 e. The minimum absolute atomic E-state index is 0.691. The molecule has 2 heterocycles. The maximum absolute atomic E-state index is 5.24. The molecule has 5 heteroatoms. The summed E-state index contributed by atoms with van der Waals surface area (Å²) in [6, 6.07) is 0. The SMILES string of the molecule is COCC1CCN(Cc2csc(CNCC(C)C)n2)C1. The van der Waals surface area contributed by atoms with Gasteiger partial charge in [-0.15, -0.1) is 11.3 Å². The van der Waals surface area contributed by atoms with E-state index in [0.717, 1.165) is 32.8 Å². The van der Waals surface area contributed by atoms with Gasteiger partial charge in [0.25, 0.3) is 0 Å². The Hall–Kier alpha value is -0.490. The summed E-state index contributed by atoms with van der Waals surface area (Å²) in [4.78, 5) is 7.21. The zero-order valence-corrected chi connectivity index (χ0v) is 13.7. The Kier molecular flexibility index (Phi) is 6.42. The molecular weight excluding hydrogens is 270 g/mol. The summed E-state index contributed by atoms with van der Waals surface area (Å²) in [5, 5.41) is 6.86. The number of aromatic nitrogens is 1. The molecule has 1 unspecified atom stereocenters. The maximum Gasteiger partial charge on any atom is 0.107 e. The summed E-state index contributed by atoms with van der Waals surface area (Å²) in [5.74, 6) is 1.39. The molecule has 0 aromatic carbocycles. The van der Waals surface area contributed by atoms with Gasteiger partial charge in [-0.25, -0.2) is 4.98 Å². The van der Waals surface area contributed by atoms with Gasteiger partial charge in [0, 0.05) is 32.1 Å². The number of nitrogens with one attached hydrogen (secondary N) is 1. The van der Waals surface area contributed by atoms with Gasteiger partial charge in [-0.1, -0.05) is 13.8 Å². The summed E-state index contributed by atoms with van der Waals surface area (Å²) >= 11 is 1.77. The van der Waals surface area contributed by atoms with Crippen LogP contribution in [-0.4, -0.2) is 43.2 Å². The lowest BCUT2D eigenvalue weighted by Crippen LogP contribution is -2.22.